The lowest BCUT2D eigenvalue weighted by molar-refractivity contribution is 0.403. The predicted octanol–water partition coefficient (Wildman–Crippen LogP) is 2.49. The second-order valence-corrected chi connectivity index (χ2v) is 9.63. The van der Waals surface area contributed by atoms with Gasteiger partial charge in [0.2, 0.25) is 7.38 Å². The van der Waals surface area contributed by atoms with Crippen LogP contribution in [-0.2, 0) is 6.54 Å². The Bertz CT molecular complexity index is 347. The van der Waals surface area contributed by atoms with E-state index in [1.807, 2.05) is 11.8 Å². The molecule has 0 radical (unpaired) electrons. The molecule has 1 aromatic carbocycles. The summed E-state index contributed by atoms with van der Waals surface area (Å²) in [5.74, 6) is 0. The molecule has 15 heavy (non-hydrogen) atoms. The zero-order chi connectivity index (χ0) is 11.5. The molecular weight excluding hydrogens is 222 g/mol. The normalized spacial score (nSPS) is 15.0. The standard InChI is InChI=1S/C12H18ClNSi/c1-5-15(4,13)12-9-7-6-8-11(12)10-14(2)3/h5-9H,1,10H2,2-4H3. The summed E-state index contributed by atoms with van der Waals surface area (Å²) in [6.07, 6.45) is 0. The molecule has 0 bridgehead atoms. The summed E-state index contributed by atoms with van der Waals surface area (Å²) < 4.78 is 0. The van der Waals surface area contributed by atoms with Crippen molar-refractivity contribution < 1.29 is 0 Å². The summed E-state index contributed by atoms with van der Waals surface area (Å²) in [4.78, 5) is 2.16. The van der Waals surface area contributed by atoms with Crippen molar-refractivity contribution in [1.29, 1.82) is 0 Å². The number of rotatable bonds is 4. The van der Waals surface area contributed by atoms with Gasteiger partial charge in [-0.25, -0.2) is 0 Å². The van der Waals surface area contributed by atoms with Crippen LogP contribution >= 0.6 is 11.1 Å². The smallest absolute Gasteiger partial charge is 0.206 e. The monoisotopic (exact) mass is 239 g/mol. The van der Waals surface area contributed by atoms with Crippen molar-refractivity contribution in [2.45, 2.75) is 13.1 Å². The number of halogens is 1. The van der Waals surface area contributed by atoms with Crippen LogP contribution in [0.25, 0.3) is 0 Å². The largest absolute Gasteiger partial charge is 0.305 e. The van der Waals surface area contributed by atoms with Crippen molar-refractivity contribution in [3.05, 3.63) is 42.1 Å². The molecule has 3 heteroatoms. The fourth-order valence-corrected chi connectivity index (χ4v) is 3.57. The molecule has 0 saturated heterocycles. The number of nitrogens with zero attached hydrogens (tertiary/aromatic N) is 1. The summed E-state index contributed by atoms with van der Waals surface area (Å²) >= 11 is 6.54. The van der Waals surface area contributed by atoms with Gasteiger partial charge in [0.25, 0.3) is 0 Å². The maximum Gasteiger partial charge on any atom is 0.206 e. The Morgan fingerprint density at radius 1 is 1.40 bits per heavy atom. The average Bonchev–Trinajstić information content (AvgIpc) is 2.17. The fourth-order valence-electron chi connectivity index (χ4n) is 1.59. The fraction of sp³-hybridized carbons (Fsp3) is 0.333. The molecule has 0 N–H and O–H groups in total. The number of hydrogen-bond acceptors (Lipinski definition) is 1. The molecule has 1 nitrogen and oxygen atoms in total. The first-order valence-corrected chi connectivity index (χ1v) is 8.62. The van der Waals surface area contributed by atoms with Crippen molar-refractivity contribution in [3.8, 4) is 0 Å². The Hall–Kier alpha value is -0.573. The van der Waals surface area contributed by atoms with E-state index in [0.29, 0.717) is 0 Å². The van der Waals surface area contributed by atoms with Crippen molar-refractivity contribution in [3.63, 3.8) is 0 Å². The second-order valence-electron chi connectivity index (χ2n) is 4.17. The van der Waals surface area contributed by atoms with Gasteiger partial charge in [-0.05, 0) is 31.4 Å². The van der Waals surface area contributed by atoms with E-state index in [2.05, 4.69) is 50.3 Å². The Morgan fingerprint density at radius 2 is 2.00 bits per heavy atom. The average molecular weight is 240 g/mol. The zero-order valence-electron chi connectivity index (χ0n) is 9.63. The molecule has 0 saturated carbocycles. The van der Waals surface area contributed by atoms with Crippen molar-refractivity contribution in [1.82, 2.24) is 4.90 Å². The van der Waals surface area contributed by atoms with Crippen LogP contribution < -0.4 is 5.19 Å². The van der Waals surface area contributed by atoms with Gasteiger partial charge in [0, 0.05) is 6.54 Å². The van der Waals surface area contributed by atoms with Crippen molar-refractivity contribution >= 4 is 23.6 Å². The molecule has 0 fully saturated rings. The van der Waals surface area contributed by atoms with E-state index in [9.17, 15) is 0 Å². The SMILES string of the molecule is C=C[Si](C)(Cl)c1ccccc1CN(C)C. The van der Waals surface area contributed by atoms with Gasteiger partial charge in [0.05, 0.1) is 0 Å². The van der Waals surface area contributed by atoms with Crippen LogP contribution in [0.15, 0.2) is 36.5 Å². The zero-order valence-corrected chi connectivity index (χ0v) is 11.4. The molecule has 1 unspecified atom stereocenters. The Balaban J connectivity index is 3.11. The van der Waals surface area contributed by atoms with Crippen LogP contribution in [0.2, 0.25) is 6.55 Å². The van der Waals surface area contributed by atoms with E-state index in [4.69, 9.17) is 11.1 Å². The molecule has 82 valence electrons. The Morgan fingerprint density at radius 3 is 2.53 bits per heavy atom. The lowest BCUT2D eigenvalue weighted by atomic mass is 10.2. The minimum Gasteiger partial charge on any atom is -0.305 e. The second kappa shape index (κ2) is 4.97. The Kier molecular flexibility index (Phi) is 4.14. The molecule has 1 aromatic rings. The van der Waals surface area contributed by atoms with Crippen LogP contribution in [0.4, 0.5) is 0 Å². The summed E-state index contributed by atoms with van der Waals surface area (Å²) in [6, 6.07) is 8.38. The third-order valence-electron chi connectivity index (χ3n) is 2.41. The van der Waals surface area contributed by atoms with Crippen LogP contribution in [-0.4, -0.2) is 26.4 Å². The quantitative estimate of drug-likeness (QED) is 0.577. The first-order chi connectivity index (χ1) is 6.97. The van der Waals surface area contributed by atoms with E-state index >= 15 is 0 Å². The minimum absolute atomic E-state index is 0.930. The van der Waals surface area contributed by atoms with Gasteiger partial charge in [0.15, 0.2) is 0 Å². The highest BCUT2D eigenvalue weighted by atomic mass is 35.6. The van der Waals surface area contributed by atoms with E-state index in [1.54, 1.807) is 0 Å². The molecule has 1 rings (SSSR count). The van der Waals surface area contributed by atoms with Gasteiger partial charge >= 0.3 is 0 Å². The first-order valence-electron chi connectivity index (χ1n) is 5.03. The van der Waals surface area contributed by atoms with E-state index in [-0.39, 0.29) is 0 Å². The topological polar surface area (TPSA) is 3.24 Å². The highest BCUT2D eigenvalue weighted by Gasteiger charge is 2.25. The van der Waals surface area contributed by atoms with Gasteiger partial charge in [-0.2, -0.15) is 11.1 Å². The molecule has 1 atom stereocenters. The van der Waals surface area contributed by atoms with Crippen molar-refractivity contribution in [2.75, 3.05) is 14.1 Å². The summed E-state index contributed by atoms with van der Waals surface area (Å²) in [6.45, 7) is 6.88. The third-order valence-corrected chi connectivity index (χ3v) is 5.80. The van der Waals surface area contributed by atoms with Gasteiger partial charge in [-0.15, -0.1) is 6.58 Å². The molecule has 0 aliphatic rings. The Labute approximate surface area is 98.1 Å². The molecule has 0 aliphatic heterocycles. The first kappa shape index (κ1) is 12.5. The van der Waals surface area contributed by atoms with Gasteiger partial charge in [0.1, 0.15) is 0 Å². The lowest BCUT2D eigenvalue weighted by Crippen LogP contribution is -2.40. The summed E-state index contributed by atoms with van der Waals surface area (Å²) in [5.41, 5.74) is 3.23. The minimum atomic E-state index is -1.96. The maximum absolute atomic E-state index is 6.54. The predicted molar refractivity (Wildman–Crippen MR) is 71.1 cm³/mol. The highest BCUT2D eigenvalue weighted by Crippen LogP contribution is 2.13. The summed E-state index contributed by atoms with van der Waals surface area (Å²) in [7, 11) is 2.18. The van der Waals surface area contributed by atoms with Crippen LogP contribution in [0.3, 0.4) is 0 Å². The number of benzene rings is 1. The van der Waals surface area contributed by atoms with Crippen molar-refractivity contribution in [2.24, 2.45) is 0 Å². The lowest BCUT2D eigenvalue weighted by Gasteiger charge is -2.21. The van der Waals surface area contributed by atoms with Crippen LogP contribution in [0.1, 0.15) is 5.56 Å². The van der Waals surface area contributed by atoms with Crippen LogP contribution in [0.5, 0.6) is 0 Å². The van der Waals surface area contributed by atoms with E-state index in [0.717, 1.165) is 6.54 Å². The molecule has 0 aromatic heterocycles. The molecule has 0 spiro atoms. The molecule has 0 amide bonds. The van der Waals surface area contributed by atoms with Crippen LogP contribution in [0, 0.1) is 0 Å². The van der Waals surface area contributed by atoms with Gasteiger partial charge < -0.3 is 4.90 Å². The summed E-state index contributed by atoms with van der Waals surface area (Å²) in [5, 5.41) is 1.27. The maximum atomic E-state index is 6.54. The number of hydrogen-bond donors (Lipinski definition) is 0. The third kappa shape index (κ3) is 3.19. The molecular formula is C12H18ClNSi. The molecule has 0 aliphatic carbocycles. The van der Waals surface area contributed by atoms with Gasteiger partial charge in [-0.3, -0.25) is 0 Å². The molecule has 0 heterocycles. The van der Waals surface area contributed by atoms with E-state index < -0.39 is 7.38 Å². The van der Waals surface area contributed by atoms with Gasteiger partial charge in [-0.1, -0.05) is 30.0 Å². The highest BCUT2D eigenvalue weighted by molar-refractivity contribution is 7.29. The van der Waals surface area contributed by atoms with E-state index in [1.165, 1.54) is 10.8 Å².